The predicted molar refractivity (Wildman–Crippen MR) is 39.4 cm³/mol. The number of aromatic nitrogens is 1. The van der Waals surface area contributed by atoms with Crippen molar-refractivity contribution in [3.8, 4) is 0 Å². The Hall–Kier alpha value is -1.22. The van der Waals surface area contributed by atoms with Gasteiger partial charge in [0.25, 0.3) is 0 Å². The molecule has 1 N–H and O–H groups in total. The molecule has 1 aromatic rings. The minimum Gasteiger partial charge on any atom is -0.383 e. The van der Waals surface area contributed by atoms with E-state index in [1.165, 1.54) is 18.2 Å². The Morgan fingerprint density at radius 2 is 2.36 bits per heavy atom. The van der Waals surface area contributed by atoms with Gasteiger partial charge in [-0.05, 0) is 12.1 Å². The topological polar surface area (TPSA) is 33.1 Å². The normalized spacial score (nSPS) is 12.5. The highest BCUT2D eigenvalue weighted by molar-refractivity contribution is 5.11. The maximum absolute atomic E-state index is 12.3. The summed E-state index contributed by atoms with van der Waals surface area (Å²) in [4.78, 5) is 3.65. The number of nitrogens with zero attached hydrogens (tertiary/aromatic N) is 1. The summed E-state index contributed by atoms with van der Waals surface area (Å²) in [6.07, 6.45) is 1.58. The van der Waals surface area contributed by atoms with E-state index in [-0.39, 0.29) is 0 Å². The van der Waals surface area contributed by atoms with Crippen LogP contribution in [-0.2, 0) is 0 Å². The van der Waals surface area contributed by atoms with Gasteiger partial charge in [0.05, 0.1) is 11.9 Å². The molecule has 1 aromatic heterocycles. The van der Waals surface area contributed by atoms with E-state index in [4.69, 9.17) is 5.11 Å². The van der Waals surface area contributed by atoms with Gasteiger partial charge in [-0.2, -0.15) is 0 Å². The maximum atomic E-state index is 12.3. The monoisotopic (exact) mass is 153 g/mol. The summed E-state index contributed by atoms with van der Waals surface area (Å²) in [6, 6.07) is 2.66. The molecular weight excluding hydrogens is 145 g/mol. The number of rotatable bonds is 2. The van der Waals surface area contributed by atoms with Crippen molar-refractivity contribution in [2.24, 2.45) is 0 Å². The molecule has 3 heteroatoms. The van der Waals surface area contributed by atoms with Gasteiger partial charge in [-0.25, -0.2) is 4.39 Å². The van der Waals surface area contributed by atoms with Crippen molar-refractivity contribution in [1.82, 2.24) is 4.98 Å². The summed E-state index contributed by atoms with van der Waals surface area (Å²) >= 11 is 0. The zero-order valence-electron chi connectivity index (χ0n) is 5.87. The minimum absolute atomic E-state index is 0.404. The molecule has 0 fully saturated rings. The van der Waals surface area contributed by atoms with Gasteiger partial charge in [-0.3, -0.25) is 4.98 Å². The fraction of sp³-hybridized carbons (Fsp3) is 0.125. The fourth-order valence-electron chi connectivity index (χ4n) is 0.683. The lowest BCUT2D eigenvalue weighted by Crippen LogP contribution is -1.95. The summed E-state index contributed by atoms with van der Waals surface area (Å²) in [5.74, 6) is -0.412. The fourth-order valence-corrected chi connectivity index (χ4v) is 0.683. The molecule has 0 bridgehead atoms. The Bertz CT molecular complexity index is 245. The van der Waals surface area contributed by atoms with E-state index in [1.807, 2.05) is 0 Å². The van der Waals surface area contributed by atoms with E-state index in [0.717, 1.165) is 6.20 Å². The second-order valence-corrected chi connectivity index (χ2v) is 2.08. The van der Waals surface area contributed by atoms with Crippen LogP contribution < -0.4 is 0 Å². The van der Waals surface area contributed by atoms with Crippen molar-refractivity contribution in [1.29, 1.82) is 0 Å². The second kappa shape index (κ2) is 3.25. The van der Waals surface area contributed by atoms with Crippen molar-refractivity contribution in [2.45, 2.75) is 6.10 Å². The average Bonchev–Trinajstić information content (AvgIpc) is 2.05. The van der Waals surface area contributed by atoms with Crippen LogP contribution in [0.25, 0.3) is 0 Å². The van der Waals surface area contributed by atoms with E-state index in [0.29, 0.717) is 5.69 Å². The summed E-state index contributed by atoms with van der Waals surface area (Å²) in [7, 11) is 0. The van der Waals surface area contributed by atoms with Crippen LogP contribution in [0.2, 0.25) is 0 Å². The first kappa shape index (κ1) is 7.88. The first-order chi connectivity index (χ1) is 5.24. The molecule has 0 aromatic carbocycles. The largest absolute Gasteiger partial charge is 0.383 e. The lowest BCUT2D eigenvalue weighted by atomic mass is 10.2. The third kappa shape index (κ3) is 1.85. The molecule has 0 saturated carbocycles. The molecule has 2 nitrogen and oxygen atoms in total. The molecule has 0 saturated heterocycles. The predicted octanol–water partition coefficient (Wildman–Crippen LogP) is 1.44. The summed E-state index contributed by atoms with van der Waals surface area (Å²) in [6.45, 7) is 3.38. The SMILES string of the molecule is C=CC(O)c1ccc(F)cn1. The standard InChI is InChI=1S/C8H8FNO/c1-2-8(11)7-4-3-6(9)5-10-7/h2-5,8,11H,1H2. The van der Waals surface area contributed by atoms with E-state index in [9.17, 15) is 4.39 Å². The third-order valence-corrected chi connectivity index (χ3v) is 1.28. The van der Waals surface area contributed by atoms with Crippen LogP contribution in [0.5, 0.6) is 0 Å². The number of hydrogen-bond acceptors (Lipinski definition) is 2. The highest BCUT2D eigenvalue weighted by Gasteiger charge is 2.02. The zero-order chi connectivity index (χ0) is 8.27. The van der Waals surface area contributed by atoms with Gasteiger partial charge in [0.1, 0.15) is 11.9 Å². The van der Waals surface area contributed by atoms with Gasteiger partial charge in [-0.1, -0.05) is 6.08 Å². The minimum atomic E-state index is -0.810. The molecule has 1 atom stereocenters. The number of pyridine rings is 1. The van der Waals surface area contributed by atoms with E-state index >= 15 is 0 Å². The Labute approximate surface area is 64.0 Å². The Kier molecular flexibility index (Phi) is 2.33. The van der Waals surface area contributed by atoms with Gasteiger partial charge in [0, 0.05) is 0 Å². The average molecular weight is 153 g/mol. The van der Waals surface area contributed by atoms with Gasteiger partial charge >= 0.3 is 0 Å². The van der Waals surface area contributed by atoms with Crippen LogP contribution in [0.3, 0.4) is 0 Å². The molecule has 1 rings (SSSR count). The maximum Gasteiger partial charge on any atom is 0.141 e. The van der Waals surface area contributed by atoms with Crippen LogP contribution >= 0.6 is 0 Å². The quantitative estimate of drug-likeness (QED) is 0.652. The van der Waals surface area contributed by atoms with Crippen molar-refractivity contribution < 1.29 is 9.50 Å². The van der Waals surface area contributed by atoms with E-state index < -0.39 is 11.9 Å². The molecule has 0 aliphatic carbocycles. The van der Waals surface area contributed by atoms with Crippen LogP contribution in [-0.4, -0.2) is 10.1 Å². The molecular formula is C8H8FNO. The van der Waals surface area contributed by atoms with Crippen LogP contribution in [0.1, 0.15) is 11.8 Å². The lowest BCUT2D eigenvalue weighted by molar-refractivity contribution is 0.224. The first-order valence-corrected chi connectivity index (χ1v) is 3.16. The Morgan fingerprint density at radius 3 is 2.82 bits per heavy atom. The van der Waals surface area contributed by atoms with Gasteiger partial charge in [-0.15, -0.1) is 6.58 Å². The molecule has 1 heterocycles. The number of halogens is 1. The Morgan fingerprint density at radius 1 is 1.64 bits per heavy atom. The Balaban J connectivity index is 2.89. The van der Waals surface area contributed by atoms with E-state index in [1.54, 1.807) is 0 Å². The van der Waals surface area contributed by atoms with Crippen LogP contribution in [0.15, 0.2) is 31.0 Å². The van der Waals surface area contributed by atoms with Crippen LogP contribution in [0, 0.1) is 5.82 Å². The molecule has 0 aliphatic rings. The lowest BCUT2D eigenvalue weighted by Gasteiger charge is -2.02. The molecule has 0 aliphatic heterocycles. The van der Waals surface area contributed by atoms with Crippen LogP contribution in [0.4, 0.5) is 4.39 Å². The molecule has 58 valence electrons. The summed E-state index contributed by atoms with van der Waals surface area (Å²) < 4.78 is 12.3. The van der Waals surface area contributed by atoms with Crippen molar-refractivity contribution in [3.63, 3.8) is 0 Å². The summed E-state index contributed by atoms with van der Waals surface area (Å²) in [5.41, 5.74) is 0.404. The van der Waals surface area contributed by atoms with Gasteiger partial charge in [0.2, 0.25) is 0 Å². The first-order valence-electron chi connectivity index (χ1n) is 3.16. The summed E-state index contributed by atoms with van der Waals surface area (Å²) in [5, 5.41) is 9.12. The second-order valence-electron chi connectivity index (χ2n) is 2.08. The molecule has 1 unspecified atom stereocenters. The molecule has 11 heavy (non-hydrogen) atoms. The zero-order valence-corrected chi connectivity index (χ0v) is 5.87. The molecule has 0 spiro atoms. The number of aliphatic hydroxyl groups excluding tert-OH is 1. The molecule has 0 radical (unpaired) electrons. The smallest absolute Gasteiger partial charge is 0.141 e. The van der Waals surface area contributed by atoms with Gasteiger partial charge < -0.3 is 5.11 Å². The van der Waals surface area contributed by atoms with Gasteiger partial charge in [0.15, 0.2) is 0 Å². The highest BCUT2D eigenvalue weighted by Crippen LogP contribution is 2.09. The van der Waals surface area contributed by atoms with Crippen molar-refractivity contribution in [2.75, 3.05) is 0 Å². The number of aliphatic hydroxyl groups is 1. The highest BCUT2D eigenvalue weighted by atomic mass is 19.1. The van der Waals surface area contributed by atoms with Crippen molar-refractivity contribution in [3.05, 3.63) is 42.5 Å². The third-order valence-electron chi connectivity index (χ3n) is 1.28. The number of hydrogen-bond donors (Lipinski definition) is 1. The molecule has 0 amide bonds. The van der Waals surface area contributed by atoms with E-state index in [2.05, 4.69) is 11.6 Å². The van der Waals surface area contributed by atoms with Crippen molar-refractivity contribution >= 4 is 0 Å².